The molecule has 0 bridgehead atoms. The minimum atomic E-state index is -0.940. The fourth-order valence-electron chi connectivity index (χ4n) is 1.81. The zero-order valence-electron chi connectivity index (χ0n) is 9.97. The average Bonchev–Trinajstić information content (AvgIpc) is 2.65. The van der Waals surface area contributed by atoms with E-state index in [0.717, 1.165) is 5.56 Å². The van der Waals surface area contributed by atoms with Crippen molar-refractivity contribution in [2.75, 3.05) is 7.11 Å². The van der Waals surface area contributed by atoms with E-state index in [-0.39, 0.29) is 5.78 Å². The van der Waals surface area contributed by atoms with Gasteiger partial charge in [0.1, 0.15) is 0 Å². The van der Waals surface area contributed by atoms with Gasteiger partial charge in [-0.25, -0.2) is 0 Å². The first-order chi connectivity index (χ1) is 8.63. The van der Waals surface area contributed by atoms with Crippen molar-refractivity contribution >= 4 is 17.8 Å². The summed E-state index contributed by atoms with van der Waals surface area (Å²) < 4.78 is 4.59. The van der Waals surface area contributed by atoms with E-state index >= 15 is 0 Å². The first-order valence-corrected chi connectivity index (χ1v) is 5.48. The third-order valence-electron chi connectivity index (χ3n) is 2.72. The molecule has 1 aromatic rings. The van der Waals surface area contributed by atoms with E-state index in [0.29, 0.717) is 11.4 Å². The number of ketones is 1. The fourth-order valence-corrected chi connectivity index (χ4v) is 1.81. The summed E-state index contributed by atoms with van der Waals surface area (Å²) in [5, 5.41) is 2.83. The third kappa shape index (κ3) is 2.18. The molecule has 0 amide bonds. The molecule has 1 aliphatic rings. The van der Waals surface area contributed by atoms with Gasteiger partial charge in [0, 0.05) is 5.70 Å². The maximum absolute atomic E-state index is 12.0. The van der Waals surface area contributed by atoms with E-state index in [9.17, 15) is 9.59 Å². The predicted octanol–water partition coefficient (Wildman–Crippen LogP) is 1.50. The number of esters is 1. The maximum Gasteiger partial charge on any atom is 0.322 e. The molecular formula is C14H13NO3. The van der Waals surface area contributed by atoms with Crippen LogP contribution >= 0.6 is 0 Å². The molecule has 0 spiro atoms. The van der Waals surface area contributed by atoms with Crippen LogP contribution < -0.4 is 5.32 Å². The predicted molar refractivity (Wildman–Crippen MR) is 67.2 cm³/mol. The summed E-state index contributed by atoms with van der Waals surface area (Å²) in [6.07, 6.45) is 1.69. The van der Waals surface area contributed by atoms with Gasteiger partial charge in [0.2, 0.25) is 0 Å². The largest absolute Gasteiger partial charge is 0.468 e. The van der Waals surface area contributed by atoms with Crippen LogP contribution in [0.2, 0.25) is 0 Å². The van der Waals surface area contributed by atoms with Gasteiger partial charge >= 0.3 is 5.97 Å². The average molecular weight is 243 g/mol. The second-order valence-corrected chi connectivity index (χ2v) is 3.94. The smallest absolute Gasteiger partial charge is 0.322 e. The quantitative estimate of drug-likeness (QED) is 0.486. The van der Waals surface area contributed by atoms with Crippen LogP contribution in [-0.2, 0) is 14.3 Å². The van der Waals surface area contributed by atoms with E-state index in [1.54, 1.807) is 6.08 Å². The number of methoxy groups -OCH3 is 1. The Balaban J connectivity index is 2.28. The summed E-state index contributed by atoms with van der Waals surface area (Å²) in [6.45, 7) is 3.67. The second-order valence-electron chi connectivity index (χ2n) is 3.94. The van der Waals surface area contributed by atoms with Crippen molar-refractivity contribution in [3.8, 4) is 0 Å². The van der Waals surface area contributed by atoms with Crippen LogP contribution in [0.5, 0.6) is 0 Å². The summed E-state index contributed by atoms with van der Waals surface area (Å²) in [5.41, 5.74) is 1.60. The van der Waals surface area contributed by atoms with Crippen molar-refractivity contribution in [2.45, 2.75) is 0 Å². The van der Waals surface area contributed by atoms with Crippen LogP contribution in [0.4, 0.5) is 0 Å². The first kappa shape index (κ1) is 12.1. The lowest BCUT2D eigenvalue weighted by molar-refractivity contribution is -0.146. The Morgan fingerprint density at radius 2 is 2.06 bits per heavy atom. The standard InChI is InChI=1S/C14H13NO3/c1-9-12(14(17)18-2)13(16)11(15-9)8-10-6-4-3-5-7-10/h3-8,12,15H,1H2,2H3. The van der Waals surface area contributed by atoms with E-state index < -0.39 is 11.9 Å². The molecule has 92 valence electrons. The van der Waals surface area contributed by atoms with Gasteiger partial charge in [0.25, 0.3) is 0 Å². The number of ether oxygens (including phenoxy) is 1. The lowest BCUT2D eigenvalue weighted by atomic mass is 10.0. The van der Waals surface area contributed by atoms with Crippen molar-refractivity contribution < 1.29 is 14.3 Å². The summed E-state index contributed by atoms with van der Waals surface area (Å²) in [4.78, 5) is 23.5. The van der Waals surface area contributed by atoms with Gasteiger partial charge in [-0.3, -0.25) is 9.59 Å². The number of nitrogens with one attached hydrogen (secondary N) is 1. The zero-order chi connectivity index (χ0) is 13.1. The molecule has 1 saturated heterocycles. The van der Waals surface area contributed by atoms with Gasteiger partial charge in [0.15, 0.2) is 11.7 Å². The molecule has 1 unspecified atom stereocenters. The number of Topliss-reactive ketones (excluding diaryl/α,β-unsaturated/α-hetero) is 1. The molecule has 2 rings (SSSR count). The molecule has 18 heavy (non-hydrogen) atoms. The highest BCUT2D eigenvalue weighted by atomic mass is 16.5. The Hall–Kier alpha value is -2.36. The SMILES string of the molecule is C=C1NC(=Cc2ccccc2)C(=O)C1C(=O)OC. The molecule has 4 nitrogen and oxygen atoms in total. The Morgan fingerprint density at radius 3 is 2.67 bits per heavy atom. The molecule has 4 heteroatoms. The summed E-state index contributed by atoms with van der Waals surface area (Å²) in [5.74, 6) is -1.84. The van der Waals surface area contributed by atoms with Gasteiger partial charge in [-0.05, 0) is 11.6 Å². The molecule has 0 aliphatic carbocycles. The van der Waals surface area contributed by atoms with Crippen LogP contribution in [0, 0.1) is 5.92 Å². The number of hydrogen-bond acceptors (Lipinski definition) is 4. The topological polar surface area (TPSA) is 55.4 Å². The monoisotopic (exact) mass is 243 g/mol. The van der Waals surface area contributed by atoms with Crippen molar-refractivity contribution in [1.82, 2.24) is 5.32 Å². The van der Waals surface area contributed by atoms with E-state index in [1.807, 2.05) is 30.3 Å². The number of hydrogen-bond donors (Lipinski definition) is 1. The molecule has 1 aliphatic heterocycles. The van der Waals surface area contributed by atoms with Crippen molar-refractivity contribution in [3.05, 3.63) is 53.9 Å². The molecular weight excluding hydrogens is 230 g/mol. The van der Waals surface area contributed by atoms with Crippen LogP contribution in [0.15, 0.2) is 48.3 Å². The maximum atomic E-state index is 12.0. The normalized spacial score (nSPS) is 20.9. The van der Waals surface area contributed by atoms with Crippen molar-refractivity contribution in [2.24, 2.45) is 5.92 Å². The molecule has 1 fully saturated rings. The van der Waals surface area contributed by atoms with Crippen LogP contribution in [-0.4, -0.2) is 18.9 Å². The summed E-state index contributed by atoms with van der Waals surface area (Å²) in [7, 11) is 1.25. The van der Waals surface area contributed by atoms with Crippen LogP contribution in [0.3, 0.4) is 0 Å². The minimum Gasteiger partial charge on any atom is -0.468 e. The van der Waals surface area contributed by atoms with Crippen LogP contribution in [0.1, 0.15) is 5.56 Å². The number of carbonyl (C=O) groups is 2. The first-order valence-electron chi connectivity index (χ1n) is 5.48. The molecule has 0 aromatic heterocycles. The Bertz CT molecular complexity index is 531. The summed E-state index contributed by atoms with van der Waals surface area (Å²) in [6, 6.07) is 9.38. The number of benzene rings is 1. The van der Waals surface area contributed by atoms with Gasteiger partial charge in [-0.1, -0.05) is 36.9 Å². The third-order valence-corrected chi connectivity index (χ3v) is 2.72. The number of rotatable bonds is 2. The van der Waals surface area contributed by atoms with Crippen LogP contribution in [0.25, 0.3) is 6.08 Å². The lowest BCUT2D eigenvalue weighted by Crippen LogP contribution is -2.21. The molecule has 0 radical (unpaired) electrons. The minimum absolute atomic E-state index is 0.310. The van der Waals surface area contributed by atoms with Gasteiger partial charge in [-0.15, -0.1) is 0 Å². The van der Waals surface area contributed by atoms with E-state index in [4.69, 9.17) is 0 Å². The Labute approximate surface area is 105 Å². The fraction of sp³-hybridized carbons (Fsp3) is 0.143. The zero-order valence-corrected chi connectivity index (χ0v) is 9.97. The highest BCUT2D eigenvalue weighted by Gasteiger charge is 2.38. The van der Waals surface area contributed by atoms with E-state index in [1.165, 1.54) is 7.11 Å². The van der Waals surface area contributed by atoms with Gasteiger partial charge in [0.05, 0.1) is 12.8 Å². The Kier molecular flexibility index (Phi) is 3.28. The van der Waals surface area contributed by atoms with Gasteiger partial charge < -0.3 is 10.1 Å². The second kappa shape index (κ2) is 4.87. The lowest BCUT2D eigenvalue weighted by Gasteiger charge is -2.03. The van der Waals surface area contributed by atoms with E-state index in [2.05, 4.69) is 16.6 Å². The summed E-state index contributed by atoms with van der Waals surface area (Å²) >= 11 is 0. The molecule has 0 saturated carbocycles. The molecule has 1 atom stereocenters. The highest BCUT2D eigenvalue weighted by Crippen LogP contribution is 2.24. The van der Waals surface area contributed by atoms with Crippen molar-refractivity contribution in [3.63, 3.8) is 0 Å². The van der Waals surface area contributed by atoms with Gasteiger partial charge in [-0.2, -0.15) is 0 Å². The molecule has 1 aromatic carbocycles. The molecule has 1 heterocycles. The van der Waals surface area contributed by atoms with Crippen molar-refractivity contribution in [1.29, 1.82) is 0 Å². The molecule has 1 N–H and O–H groups in total. The number of carbonyl (C=O) groups excluding carboxylic acids is 2. The highest BCUT2D eigenvalue weighted by molar-refractivity contribution is 6.14. The number of allylic oxidation sites excluding steroid dienone is 1. The Morgan fingerprint density at radius 1 is 1.39 bits per heavy atom.